The average molecular weight is 447 g/mol. The summed E-state index contributed by atoms with van der Waals surface area (Å²) in [7, 11) is 0. The topological polar surface area (TPSA) is 147 Å². The number of carbonyl (C=O) groups excluding carboxylic acids is 4. The van der Waals surface area contributed by atoms with Crippen molar-refractivity contribution >= 4 is 23.8 Å². The molecule has 0 aliphatic carbocycles. The van der Waals surface area contributed by atoms with Gasteiger partial charge in [0.1, 0.15) is 18.8 Å². The van der Waals surface area contributed by atoms with Gasteiger partial charge in [-0.1, -0.05) is 0 Å². The second kappa shape index (κ2) is 14.7. The van der Waals surface area contributed by atoms with Crippen molar-refractivity contribution in [3.63, 3.8) is 0 Å². The highest BCUT2D eigenvalue weighted by Crippen LogP contribution is 2.27. The van der Waals surface area contributed by atoms with E-state index in [4.69, 9.17) is 28.8 Å². The van der Waals surface area contributed by atoms with Gasteiger partial charge in [0, 0.05) is 46.8 Å². The number of carbonyl (C=O) groups is 4. The zero-order valence-corrected chi connectivity index (χ0v) is 18.3. The molecule has 0 spiro atoms. The van der Waals surface area contributed by atoms with E-state index in [0.29, 0.717) is 19.6 Å². The summed E-state index contributed by atoms with van der Waals surface area (Å²) in [5, 5.41) is 11.4. The van der Waals surface area contributed by atoms with Gasteiger partial charge < -0.3 is 34.1 Å². The zero-order chi connectivity index (χ0) is 23.2. The Morgan fingerprint density at radius 3 is 2.32 bits per heavy atom. The Labute approximate surface area is 181 Å². The summed E-state index contributed by atoms with van der Waals surface area (Å²) in [6, 6.07) is 0. The minimum absolute atomic E-state index is 0.0917. The van der Waals surface area contributed by atoms with E-state index >= 15 is 0 Å². The quantitative estimate of drug-likeness (QED) is 0.228. The number of aliphatic hydroxyl groups excluding tert-OH is 1. The van der Waals surface area contributed by atoms with Gasteiger partial charge in [0.2, 0.25) is 5.91 Å². The Balaban J connectivity index is 2.54. The van der Waals surface area contributed by atoms with Crippen LogP contribution in [0.4, 0.5) is 0 Å². The second-order valence-corrected chi connectivity index (χ2v) is 7.12. The van der Waals surface area contributed by atoms with Crippen LogP contribution in [0.2, 0.25) is 0 Å². The van der Waals surface area contributed by atoms with E-state index in [1.54, 1.807) is 0 Å². The van der Waals surface area contributed by atoms with Gasteiger partial charge in [0.25, 0.3) is 0 Å². The van der Waals surface area contributed by atoms with E-state index in [9.17, 15) is 19.2 Å². The molecule has 178 valence electrons. The smallest absolute Gasteiger partial charge is 0.303 e. The summed E-state index contributed by atoms with van der Waals surface area (Å²) in [4.78, 5) is 45.4. The zero-order valence-electron chi connectivity index (χ0n) is 18.3. The molecule has 0 aromatic heterocycles. The van der Waals surface area contributed by atoms with Crippen molar-refractivity contribution < 1.29 is 48.0 Å². The molecular weight excluding hydrogens is 414 g/mol. The second-order valence-electron chi connectivity index (χ2n) is 7.12. The van der Waals surface area contributed by atoms with Gasteiger partial charge in [-0.3, -0.25) is 19.2 Å². The fourth-order valence-electron chi connectivity index (χ4n) is 3.04. The van der Waals surface area contributed by atoms with Crippen molar-refractivity contribution in [1.29, 1.82) is 0 Å². The van der Waals surface area contributed by atoms with Crippen molar-refractivity contribution in [2.24, 2.45) is 0 Å². The van der Waals surface area contributed by atoms with Crippen LogP contribution in [0.1, 0.15) is 52.9 Å². The first-order chi connectivity index (χ1) is 14.7. The van der Waals surface area contributed by atoms with Crippen LogP contribution in [0.15, 0.2) is 0 Å². The maximum atomic E-state index is 11.5. The Bertz CT molecular complexity index is 597. The number of esters is 3. The Kier molecular flexibility index (Phi) is 12.7. The molecule has 11 heteroatoms. The molecule has 1 aliphatic rings. The molecule has 4 unspecified atom stereocenters. The number of aliphatic hydroxyl groups is 1. The molecule has 2 N–H and O–H groups in total. The van der Waals surface area contributed by atoms with Crippen LogP contribution < -0.4 is 5.32 Å². The Morgan fingerprint density at radius 2 is 1.71 bits per heavy atom. The predicted molar refractivity (Wildman–Crippen MR) is 106 cm³/mol. The molecule has 1 amide bonds. The molecule has 1 rings (SSSR count). The third-order valence-electron chi connectivity index (χ3n) is 4.34. The van der Waals surface area contributed by atoms with Crippen LogP contribution in [-0.2, 0) is 42.9 Å². The van der Waals surface area contributed by atoms with Gasteiger partial charge in [-0.25, -0.2) is 0 Å². The van der Waals surface area contributed by atoms with Crippen molar-refractivity contribution in [2.45, 2.75) is 77.5 Å². The largest absolute Gasteiger partial charge is 0.463 e. The van der Waals surface area contributed by atoms with Gasteiger partial charge in [-0.05, 0) is 19.3 Å². The van der Waals surface area contributed by atoms with Gasteiger partial charge in [-0.2, -0.15) is 0 Å². The highest BCUT2D eigenvalue weighted by atomic mass is 16.7. The number of rotatable bonds is 13. The standard InChI is InChI=1S/C20H33NO10/c1-13(23)28-12-17-20(30-15(3)25)16(29-14(2)24)11-19(31-17)27-10-6-4-5-8-21-18(26)7-9-22/h16-17,19-20,22H,4-12H2,1-3H3,(H,21,26). The molecule has 1 fully saturated rings. The van der Waals surface area contributed by atoms with E-state index in [0.717, 1.165) is 12.8 Å². The van der Waals surface area contributed by atoms with Gasteiger partial charge in [-0.15, -0.1) is 0 Å². The number of hydrogen-bond acceptors (Lipinski definition) is 10. The van der Waals surface area contributed by atoms with E-state index in [1.165, 1.54) is 20.8 Å². The maximum Gasteiger partial charge on any atom is 0.303 e. The average Bonchev–Trinajstić information content (AvgIpc) is 2.67. The van der Waals surface area contributed by atoms with Gasteiger partial charge in [0.05, 0.1) is 6.61 Å². The first-order valence-electron chi connectivity index (χ1n) is 10.3. The first-order valence-corrected chi connectivity index (χ1v) is 10.3. The molecule has 0 aromatic carbocycles. The lowest BCUT2D eigenvalue weighted by Gasteiger charge is -2.39. The molecule has 1 saturated heterocycles. The van der Waals surface area contributed by atoms with Crippen LogP contribution in [0.3, 0.4) is 0 Å². The maximum absolute atomic E-state index is 11.5. The summed E-state index contributed by atoms with van der Waals surface area (Å²) in [5.74, 6) is -1.84. The minimum Gasteiger partial charge on any atom is -0.463 e. The molecule has 0 bridgehead atoms. The lowest BCUT2D eigenvalue weighted by Crippen LogP contribution is -2.54. The van der Waals surface area contributed by atoms with Gasteiger partial charge >= 0.3 is 17.9 Å². The van der Waals surface area contributed by atoms with Crippen LogP contribution in [0, 0.1) is 0 Å². The van der Waals surface area contributed by atoms with Crippen LogP contribution in [0.5, 0.6) is 0 Å². The molecule has 1 aliphatic heterocycles. The molecule has 0 aromatic rings. The van der Waals surface area contributed by atoms with Crippen molar-refractivity contribution in [1.82, 2.24) is 5.32 Å². The number of ether oxygens (including phenoxy) is 5. The van der Waals surface area contributed by atoms with Crippen molar-refractivity contribution in [3.8, 4) is 0 Å². The molecule has 11 nitrogen and oxygen atoms in total. The molecule has 0 saturated carbocycles. The summed E-state index contributed by atoms with van der Waals surface area (Å²) in [5.41, 5.74) is 0. The fourth-order valence-corrected chi connectivity index (χ4v) is 3.04. The number of amides is 1. The summed E-state index contributed by atoms with van der Waals surface area (Å²) in [6.45, 7) is 4.24. The monoisotopic (exact) mass is 447 g/mol. The highest BCUT2D eigenvalue weighted by Gasteiger charge is 2.44. The summed E-state index contributed by atoms with van der Waals surface area (Å²) >= 11 is 0. The third-order valence-corrected chi connectivity index (χ3v) is 4.34. The van der Waals surface area contributed by atoms with E-state index < -0.39 is 42.5 Å². The van der Waals surface area contributed by atoms with Crippen molar-refractivity contribution in [2.75, 3.05) is 26.4 Å². The Hall–Kier alpha value is -2.24. The molecule has 0 radical (unpaired) electrons. The van der Waals surface area contributed by atoms with Crippen molar-refractivity contribution in [3.05, 3.63) is 0 Å². The molecule has 31 heavy (non-hydrogen) atoms. The number of unbranched alkanes of at least 4 members (excludes halogenated alkanes) is 2. The van der Waals surface area contributed by atoms with Crippen LogP contribution >= 0.6 is 0 Å². The molecular formula is C20H33NO10. The van der Waals surface area contributed by atoms with Gasteiger partial charge in [0.15, 0.2) is 12.4 Å². The first kappa shape index (κ1) is 26.8. The molecule has 1 heterocycles. The minimum atomic E-state index is -0.928. The molecule has 4 atom stereocenters. The van der Waals surface area contributed by atoms with E-state index in [-0.39, 0.29) is 32.0 Å². The fraction of sp³-hybridized carbons (Fsp3) is 0.800. The Morgan fingerprint density at radius 1 is 1.00 bits per heavy atom. The number of hydrogen-bond donors (Lipinski definition) is 2. The lowest BCUT2D eigenvalue weighted by molar-refractivity contribution is -0.266. The third kappa shape index (κ3) is 11.7. The van der Waals surface area contributed by atoms with Crippen LogP contribution in [0.25, 0.3) is 0 Å². The lowest BCUT2D eigenvalue weighted by atomic mass is 10.0. The summed E-state index contributed by atoms with van der Waals surface area (Å²) in [6.07, 6.45) is -0.808. The SMILES string of the molecule is CC(=O)OCC1OC(OCCCCCNC(=O)CCO)CC(OC(C)=O)C1OC(C)=O. The summed E-state index contributed by atoms with van der Waals surface area (Å²) < 4.78 is 27.1. The van der Waals surface area contributed by atoms with E-state index in [2.05, 4.69) is 5.32 Å². The van der Waals surface area contributed by atoms with E-state index in [1.807, 2.05) is 0 Å². The number of nitrogens with one attached hydrogen (secondary N) is 1. The normalized spacial score (nSPS) is 23.0. The predicted octanol–water partition coefficient (Wildman–Crippen LogP) is 0.213. The van der Waals surface area contributed by atoms with Crippen LogP contribution in [-0.4, -0.2) is 79.9 Å². The highest BCUT2D eigenvalue weighted by molar-refractivity contribution is 5.75.